The zero-order chi connectivity index (χ0) is 14.8. The van der Waals surface area contributed by atoms with Gasteiger partial charge < -0.3 is 15.3 Å². The SMILES string of the molecule is O=C(c1c(O)cccc1F)N1CCCNc2ccccc21. The molecule has 4 nitrogen and oxygen atoms in total. The highest BCUT2D eigenvalue weighted by Gasteiger charge is 2.26. The molecule has 1 amide bonds. The second-order valence-corrected chi connectivity index (χ2v) is 4.89. The molecule has 0 radical (unpaired) electrons. The van der Waals surface area contributed by atoms with Crippen LogP contribution in [0.5, 0.6) is 5.75 Å². The molecule has 0 aliphatic carbocycles. The number of aromatic hydroxyl groups is 1. The zero-order valence-electron chi connectivity index (χ0n) is 11.3. The third-order valence-electron chi connectivity index (χ3n) is 3.52. The molecule has 5 heteroatoms. The topological polar surface area (TPSA) is 52.6 Å². The van der Waals surface area contributed by atoms with E-state index >= 15 is 0 Å². The van der Waals surface area contributed by atoms with Gasteiger partial charge in [-0.15, -0.1) is 0 Å². The number of rotatable bonds is 1. The number of halogens is 1. The Bertz CT molecular complexity index is 667. The summed E-state index contributed by atoms with van der Waals surface area (Å²) in [5, 5.41) is 13.0. The Morgan fingerprint density at radius 1 is 1.19 bits per heavy atom. The number of anilines is 2. The summed E-state index contributed by atoms with van der Waals surface area (Å²) in [6.07, 6.45) is 0.746. The first-order chi connectivity index (χ1) is 10.2. The molecule has 108 valence electrons. The number of phenols is 1. The predicted octanol–water partition coefficient (Wildman–Crippen LogP) is 2.99. The maximum atomic E-state index is 13.9. The number of nitrogens with zero attached hydrogens (tertiary/aromatic N) is 1. The summed E-state index contributed by atoms with van der Waals surface area (Å²) in [7, 11) is 0. The van der Waals surface area contributed by atoms with E-state index in [1.54, 1.807) is 0 Å². The van der Waals surface area contributed by atoms with Gasteiger partial charge in [0.1, 0.15) is 17.1 Å². The summed E-state index contributed by atoms with van der Waals surface area (Å²) >= 11 is 0. The Morgan fingerprint density at radius 3 is 2.81 bits per heavy atom. The molecule has 0 spiro atoms. The normalized spacial score (nSPS) is 14.0. The summed E-state index contributed by atoms with van der Waals surface area (Å²) in [5.41, 5.74) is 1.25. The molecule has 2 aromatic carbocycles. The fourth-order valence-corrected chi connectivity index (χ4v) is 2.51. The fourth-order valence-electron chi connectivity index (χ4n) is 2.51. The Morgan fingerprint density at radius 2 is 2.00 bits per heavy atom. The average molecular weight is 286 g/mol. The van der Waals surface area contributed by atoms with Crippen LogP contribution in [-0.4, -0.2) is 24.1 Å². The first-order valence-corrected chi connectivity index (χ1v) is 6.81. The molecular formula is C16H15FN2O2. The molecule has 2 N–H and O–H groups in total. The van der Waals surface area contributed by atoms with Crippen LogP contribution >= 0.6 is 0 Å². The van der Waals surface area contributed by atoms with Crippen molar-refractivity contribution in [2.75, 3.05) is 23.3 Å². The van der Waals surface area contributed by atoms with Crippen LogP contribution in [0.25, 0.3) is 0 Å². The Balaban J connectivity index is 2.06. The van der Waals surface area contributed by atoms with Crippen LogP contribution in [-0.2, 0) is 0 Å². The molecular weight excluding hydrogens is 271 g/mol. The molecule has 0 saturated heterocycles. The van der Waals surface area contributed by atoms with Crippen molar-refractivity contribution < 1.29 is 14.3 Å². The van der Waals surface area contributed by atoms with E-state index in [4.69, 9.17) is 0 Å². The molecule has 3 rings (SSSR count). The van der Waals surface area contributed by atoms with Crippen LogP contribution in [0, 0.1) is 5.82 Å². The predicted molar refractivity (Wildman–Crippen MR) is 79.3 cm³/mol. The van der Waals surface area contributed by atoms with Gasteiger partial charge in [-0.25, -0.2) is 4.39 Å². The van der Waals surface area contributed by atoms with Gasteiger partial charge in [0.05, 0.1) is 11.4 Å². The van der Waals surface area contributed by atoms with Gasteiger partial charge in [-0.05, 0) is 30.7 Å². The van der Waals surface area contributed by atoms with E-state index in [1.807, 2.05) is 24.3 Å². The molecule has 0 aromatic heterocycles. The van der Waals surface area contributed by atoms with Gasteiger partial charge in [0.2, 0.25) is 0 Å². The van der Waals surface area contributed by atoms with Crippen molar-refractivity contribution in [1.29, 1.82) is 0 Å². The molecule has 0 bridgehead atoms. The zero-order valence-corrected chi connectivity index (χ0v) is 11.3. The van der Waals surface area contributed by atoms with Gasteiger partial charge in [-0.1, -0.05) is 18.2 Å². The van der Waals surface area contributed by atoms with Gasteiger partial charge in [0, 0.05) is 13.1 Å². The third kappa shape index (κ3) is 2.42. The quantitative estimate of drug-likeness (QED) is 0.847. The lowest BCUT2D eigenvalue weighted by molar-refractivity contribution is 0.0980. The van der Waals surface area contributed by atoms with Crippen LogP contribution in [0.15, 0.2) is 42.5 Å². The van der Waals surface area contributed by atoms with Crippen molar-refractivity contribution in [2.45, 2.75) is 6.42 Å². The standard InChI is InChI=1S/C16H15FN2O2/c17-11-5-3-8-14(20)15(11)16(21)19-10-4-9-18-12-6-1-2-7-13(12)19/h1-3,5-8,18,20H,4,9-10H2. The number of nitrogens with one attached hydrogen (secondary N) is 1. The Hall–Kier alpha value is -2.56. The number of hydrogen-bond acceptors (Lipinski definition) is 3. The van der Waals surface area contributed by atoms with Gasteiger partial charge in [-0.3, -0.25) is 4.79 Å². The van der Waals surface area contributed by atoms with Gasteiger partial charge in [0.25, 0.3) is 5.91 Å². The lowest BCUT2D eigenvalue weighted by atomic mass is 10.1. The second kappa shape index (κ2) is 5.44. The van der Waals surface area contributed by atoms with Crippen LogP contribution < -0.4 is 10.2 Å². The van der Waals surface area contributed by atoms with E-state index in [1.165, 1.54) is 23.1 Å². The van der Waals surface area contributed by atoms with E-state index in [-0.39, 0.29) is 11.3 Å². The second-order valence-electron chi connectivity index (χ2n) is 4.89. The van der Waals surface area contributed by atoms with Crippen molar-refractivity contribution in [3.63, 3.8) is 0 Å². The highest BCUT2D eigenvalue weighted by Crippen LogP contribution is 2.31. The molecule has 21 heavy (non-hydrogen) atoms. The Labute approximate surface area is 121 Å². The molecule has 1 heterocycles. The fraction of sp³-hybridized carbons (Fsp3) is 0.188. The van der Waals surface area contributed by atoms with E-state index in [0.29, 0.717) is 12.2 Å². The van der Waals surface area contributed by atoms with Crippen molar-refractivity contribution in [2.24, 2.45) is 0 Å². The summed E-state index contributed by atoms with van der Waals surface area (Å²) in [4.78, 5) is 14.2. The van der Waals surface area contributed by atoms with Crippen molar-refractivity contribution >= 4 is 17.3 Å². The summed E-state index contributed by atoms with van der Waals surface area (Å²) < 4.78 is 13.9. The molecule has 0 fully saturated rings. The number of para-hydroxylation sites is 2. The number of amides is 1. The van der Waals surface area contributed by atoms with E-state index in [0.717, 1.165) is 18.7 Å². The number of fused-ring (bicyclic) bond motifs is 1. The largest absolute Gasteiger partial charge is 0.507 e. The summed E-state index contributed by atoms with van der Waals surface area (Å²) in [6.45, 7) is 1.21. The van der Waals surface area contributed by atoms with Gasteiger partial charge >= 0.3 is 0 Å². The van der Waals surface area contributed by atoms with Gasteiger partial charge in [-0.2, -0.15) is 0 Å². The number of hydrogen-bond donors (Lipinski definition) is 2. The molecule has 0 saturated carbocycles. The minimum Gasteiger partial charge on any atom is -0.507 e. The number of benzene rings is 2. The lowest BCUT2D eigenvalue weighted by Gasteiger charge is -2.23. The first kappa shape index (κ1) is 13.4. The van der Waals surface area contributed by atoms with E-state index in [9.17, 15) is 14.3 Å². The van der Waals surface area contributed by atoms with Crippen molar-refractivity contribution in [3.05, 3.63) is 53.8 Å². The van der Waals surface area contributed by atoms with E-state index in [2.05, 4.69) is 5.32 Å². The maximum Gasteiger partial charge on any atom is 0.265 e. The minimum atomic E-state index is -0.713. The molecule has 0 unspecified atom stereocenters. The van der Waals surface area contributed by atoms with Crippen LogP contribution in [0.2, 0.25) is 0 Å². The number of carbonyl (C=O) groups excluding carboxylic acids is 1. The lowest BCUT2D eigenvalue weighted by Crippen LogP contribution is -2.32. The highest BCUT2D eigenvalue weighted by molar-refractivity contribution is 6.09. The van der Waals surface area contributed by atoms with E-state index < -0.39 is 11.7 Å². The van der Waals surface area contributed by atoms with Crippen LogP contribution in [0.3, 0.4) is 0 Å². The summed E-state index contributed by atoms with van der Waals surface area (Å²) in [6, 6.07) is 11.3. The Kier molecular flexibility index (Phi) is 3.48. The smallest absolute Gasteiger partial charge is 0.265 e. The maximum absolute atomic E-state index is 13.9. The van der Waals surface area contributed by atoms with Gasteiger partial charge in [0.15, 0.2) is 0 Å². The minimum absolute atomic E-state index is 0.283. The number of phenolic OH excluding ortho intramolecular Hbond substituents is 1. The molecule has 1 aliphatic heterocycles. The monoisotopic (exact) mass is 286 g/mol. The average Bonchev–Trinajstić information content (AvgIpc) is 2.69. The summed E-state index contributed by atoms with van der Waals surface area (Å²) in [5.74, 6) is -1.58. The highest BCUT2D eigenvalue weighted by atomic mass is 19.1. The van der Waals surface area contributed by atoms with Crippen molar-refractivity contribution in [3.8, 4) is 5.75 Å². The molecule has 1 aliphatic rings. The number of carbonyl (C=O) groups is 1. The molecule has 2 aromatic rings. The van der Waals surface area contributed by atoms with Crippen LogP contribution in [0.1, 0.15) is 16.8 Å². The van der Waals surface area contributed by atoms with Crippen LogP contribution in [0.4, 0.5) is 15.8 Å². The third-order valence-corrected chi connectivity index (χ3v) is 3.52. The first-order valence-electron chi connectivity index (χ1n) is 6.81. The van der Waals surface area contributed by atoms with Crippen molar-refractivity contribution in [1.82, 2.24) is 0 Å². The molecule has 0 atom stereocenters.